The second kappa shape index (κ2) is 6.45. The highest BCUT2D eigenvalue weighted by molar-refractivity contribution is 7.89. The van der Waals surface area contributed by atoms with Gasteiger partial charge in [0, 0.05) is 17.6 Å². The van der Waals surface area contributed by atoms with E-state index in [9.17, 15) is 8.42 Å². The molecule has 5 nitrogen and oxygen atoms in total. The van der Waals surface area contributed by atoms with E-state index in [1.807, 2.05) is 18.4 Å². The van der Waals surface area contributed by atoms with Crippen LogP contribution < -0.4 is 10.5 Å². The van der Waals surface area contributed by atoms with Crippen LogP contribution in [0.4, 0.5) is 0 Å². The lowest BCUT2D eigenvalue weighted by Crippen LogP contribution is -2.23. The lowest BCUT2D eigenvalue weighted by atomic mass is 10.1. The number of nitrogens with zero attached hydrogens (tertiary/aromatic N) is 1. The second-order valence-corrected chi connectivity index (χ2v) is 7.08. The molecule has 0 radical (unpaired) electrons. The summed E-state index contributed by atoms with van der Waals surface area (Å²) < 4.78 is 27.0. The topological polar surface area (TPSA) is 85.1 Å². The molecular formula is C13H17N3O2S2. The molecule has 1 unspecified atom stereocenters. The van der Waals surface area contributed by atoms with Crippen molar-refractivity contribution in [3.8, 4) is 0 Å². The van der Waals surface area contributed by atoms with Gasteiger partial charge in [0.25, 0.3) is 0 Å². The number of hydrogen-bond donors (Lipinski definition) is 2. The van der Waals surface area contributed by atoms with Crippen LogP contribution in [0.15, 0.2) is 40.7 Å². The minimum absolute atomic E-state index is 0.149. The van der Waals surface area contributed by atoms with Gasteiger partial charge in [-0.05, 0) is 24.1 Å². The minimum atomic E-state index is -3.54. The van der Waals surface area contributed by atoms with Crippen LogP contribution in [0.5, 0.6) is 0 Å². The van der Waals surface area contributed by atoms with Gasteiger partial charge in [0.2, 0.25) is 10.0 Å². The standard InChI is InChI=1S/C13H17N3O2S2/c1-2-12(14)10-4-3-5-11(8-10)20(17,18)16-9-13-15-6-7-19-13/h3-8,12,16H,2,9,14H2,1H3. The molecule has 0 aliphatic heterocycles. The molecule has 20 heavy (non-hydrogen) atoms. The van der Waals surface area contributed by atoms with Crippen molar-refractivity contribution in [3.05, 3.63) is 46.4 Å². The molecule has 0 saturated carbocycles. The highest BCUT2D eigenvalue weighted by Gasteiger charge is 2.15. The van der Waals surface area contributed by atoms with E-state index in [-0.39, 0.29) is 17.5 Å². The molecule has 0 spiro atoms. The Morgan fingerprint density at radius 3 is 2.90 bits per heavy atom. The fourth-order valence-electron chi connectivity index (χ4n) is 1.73. The fourth-order valence-corrected chi connectivity index (χ4v) is 3.42. The van der Waals surface area contributed by atoms with E-state index in [1.54, 1.807) is 24.4 Å². The molecule has 1 atom stereocenters. The van der Waals surface area contributed by atoms with E-state index < -0.39 is 10.0 Å². The Morgan fingerprint density at radius 1 is 1.45 bits per heavy atom. The number of hydrogen-bond acceptors (Lipinski definition) is 5. The Morgan fingerprint density at radius 2 is 2.25 bits per heavy atom. The lowest BCUT2D eigenvalue weighted by molar-refractivity contribution is 0.580. The van der Waals surface area contributed by atoms with Crippen molar-refractivity contribution in [1.29, 1.82) is 0 Å². The number of benzene rings is 1. The highest BCUT2D eigenvalue weighted by atomic mass is 32.2. The molecule has 1 aromatic heterocycles. The summed E-state index contributed by atoms with van der Waals surface area (Å²) in [5.41, 5.74) is 6.76. The van der Waals surface area contributed by atoms with Crippen molar-refractivity contribution < 1.29 is 8.42 Å². The molecule has 0 fully saturated rings. The molecule has 0 aliphatic rings. The van der Waals surface area contributed by atoms with E-state index in [0.29, 0.717) is 0 Å². The fraction of sp³-hybridized carbons (Fsp3) is 0.308. The normalized spacial score (nSPS) is 13.3. The van der Waals surface area contributed by atoms with E-state index in [4.69, 9.17) is 5.73 Å². The van der Waals surface area contributed by atoms with Crippen LogP contribution in [0.1, 0.15) is 30.0 Å². The van der Waals surface area contributed by atoms with Gasteiger partial charge in [0.05, 0.1) is 11.4 Å². The molecule has 0 aliphatic carbocycles. The highest BCUT2D eigenvalue weighted by Crippen LogP contribution is 2.18. The quantitative estimate of drug-likeness (QED) is 0.855. The number of rotatable bonds is 6. The maximum atomic E-state index is 12.2. The third kappa shape index (κ3) is 3.63. The van der Waals surface area contributed by atoms with Crippen LogP contribution in [-0.4, -0.2) is 13.4 Å². The molecule has 2 aromatic rings. The monoisotopic (exact) mass is 311 g/mol. The van der Waals surface area contributed by atoms with Gasteiger partial charge in [-0.15, -0.1) is 11.3 Å². The smallest absolute Gasteiger partial charge is 0.240 e. The molecular weight excluding hydrogens is 294 g/mol. The zero-order valence-electron chi connectivity index (χ0n) is 11.1. The molecule has 2 rings (SSSR count). The Balaban J connectivity index is 2.16. The summed E-state index contributed by atoms with van der Waals surface area (Å²) >= 11 is 1.41. The maximum absolute atomic E-state index is 12.2. The van der Waals surface area contributed by atoms with E-state index >= 15 is 0 Å². The second-order valence-electron chi connectivity index (χ2n) is 4.34. The zero-order valence-corrected chi connectivity index (χ0v) is 12.7. The Bertz CT molecular complexity index is 654. The molecule has 0 amide bonds. The number of nitrogens with one attached hydrogen (secondary N) is 1. The van der Waals surface area contributed by atoms with Crippen LogP contribution in [0.3, 0.4) is 0 Å². The molecule has 7 heteroatoms. The average molecular weight is 311 g/mol. The first kappa shape index (κ1) is 15.1. The van der Waals surface area contributed by atoms with Gasteiger partial charge >= 0.3 is 0 Å². The van der Waals surface area contributed by atoms with Crippen LogP contribution in [0.2, 0.25) is 0 Å². The van der Waals surface area contributed by atoms with E-state index in [0.717, 1.165) is 17.0 Å². The van der Waals surface area contributed by atoms with Crippen molar-refractivity contribution in [2.45, 2.75) is 30.8 Å². The predicted octanol–water partition coefficient (Wildman–Crippen LogP) is 2.03. The van der Waals surface area contributed by atoms with Gasteiger partial charge in [0.1, 0.15) is 5.01 Å². The summed E-state index contributed by atoms with van der Waals surface area (Å²) in [4.78, 5) is 4.28. The molecule has 108 valence electrons. The summed E-state index contributed by atoms with van der Waals surface area (Å²) in [6, 6.07) is 6.59. The van der Waals surface area contributed by atoms with Crippen molar-refractivity contribution in [2.24, 2.45) is 5.73 Å². The van der Waals surface area contributed by atoms with Gasteiger partial charge in [0.15, 0.2) is 0 Å². The maximum Gasteiger partial charge on any atom is 0.240 e. The summed E-state index contributed by atoms with van der Waals surface area (Å²) in [5, 5.41) is 2.54. The van der Waals surface area contributed by atoms with Crippen LogP contribution >= 0.6 is 11.3 Å². The van der Waals surface area contributed by atoms with Crippen molar-refractivity contribution in [2.75, 3.05) is 0 Å². The van der Waals surface area contributed by atoms with Crippen LogP contribution in [-0.2, 0) is 16.6 Å². The SMILES string of the molecule is CCC(N)c1cccc(S(=O)(=O)NCc2nccs2)c1. The Hall–Kier alpha value is -1.28. The molecule has 1 aromatic carbocycles. The van der Waals surface area contributed by atoms with Crippen molar-refractivity contribution in [1.82, 2.24) is 9.71 Å². The first-order chi connectivity index (χ1) is 9.53. The van der Waals surface area contributed by atoms with Gasteiger partial charge in [-0.25, -0.2) is 18.1 Å². The first-order valence-electron chi connectivity index (χ1n) is 6.26. The average Bonchev–Trinajstić information content (AvgIpc) is 2.98. The van der Waals surface area contributed by atoms with Gasteiger partial charge in [-0.2, -0.15) is 0 Å². The summed E-state index contributed by atoms with van der Waals surface area (Å²) in [7, 11) is -3.54. The summed E-state index contributed by atoms with van der Waals surface area (Å²) in [5.74, 6) is 0. The third-order valence-corrected chi connectivity index (χ3v) is 5.11. The summed E-state index contributed by atoms with van der Waals surface area (Å²) in [6.45, 7) is 2.16. The Labute approximate surface area is 122 Å². The molecule has 0 saturated heterocycles. The van der Waals surface area contributed by atoms with Gasteiger partial charge in [-0.3, -0.25) is 0 Å². The van der Waals surface area contributed by atoms with Crippen LogP contribution in [0, 0.1) is 0 Å². The number of sulfonamides is 1. The largest absolute Gasteiger partial charge is 0.324 e. The zero-order chi connectivity index (χ0) is 14.6. The minimum Gasteiger partial charge on any atom is -0.324 e. The number of nitrogens with two attached hydrogens (primary N) is 1. The third-order valence-electron chi connectivity index (χ3n) is 2.93. The summed E-state index contributed by atoms with van der Waals surface area (Å²) in [6.07, 6.45) is 2.41. The first-order valence-corrected chi connectivity index (χ1v) is 8.63. The van der Waals surface area contributed by atoms with E-state index in [1.165, 1.54) is 11.3 Å². The lowest BCUT2D eigenvalue weighted by Gasteiger charge is -2.11. The predicted molar refractivity (Wildman–Crippen MR) is 79.8 cm³/mol. The molecule has 0 bridgehead atoms. The van der Waals surface area contributed by atoms with Crippen LogP contribution in [0.25, 0.3) is 0 Å². The number of thiazole rings is 1. The molecule has 1 heterocycles. The van der Waals surface area contributed by atoms with Crippen molar-refractivity contribution in [3.63, 3.8) is 0 Å². The van der Waals surface area contributed by atoms with Crippen molar-refractivity contribution >= 4 is 21.4 Å². The molecule has 3 N–H and O–H groups in total. The number of aromatic nitrogens is 1. The van der Waals surface area contributed by atoms with E-state index in [2.05, 4.69) is 9.71 Å². The van der Waals surface area contributed by atoms with Gasteiger partial charge in [-0.1, -0.05) is 19.1 Å². The van der Waals surface area contributed by atoms with Gasteiger partial charge < -0.3 is 5.73 Å². The Kier molecular flexibility index (Phi) is 4.87.